The number of carboxylic acid groups (broad SMARTS) is 1. The van der Waals surface area contributed by atoms with Gasteiger partial charge in [0.2, 0.25) is 11.8 Å². The molecular weight excluding hydrogens is 402 g/mol. The maximum Gasteiger partial charge on any atom is 0.305 e. The van der Waals surface area contributed by atoms with E-state index in [0.717, 1.165) is 11.0 Å². The van der Waals surface area contributed by atoms with Gasteiger partial charge in [-0.25, -0.2) is 8.78 Å². The number of hydrogen-bond donors (Lipinski definition) is 2. The molecule has 2 N–H and O–H groups in total. The van der Waals surface area contributed by atoms with E-state index in [2.05, 4.69) is 5.32 Å². The number of halogens is 2. The van der Waals surface area contributed by atoms with Gasteiger partial charge in [-0.05, 0) is 30.3 Å². The lowest BCUT2D eigenvalue weighted by Gasteiger charge is -2.22. The first kappa shape index (κ1) is 22.4. The van der Waals surface area contributed by atoms with Crippen molar-refractivity contribution in [1.82, 2.24) is 4.90 Å². The largest absolute Gasteiger partial charge is 0.481 e. The Kier molecular flexibility index (Phi) is 8.14. The van der Waals surface area contributed by atoms with Crippen LogP contribution in [-0.2, 0) is 20.9 Å². The van der Waals surface area contributed by atoms with Gasteiger partial charge in [-0.15, -0.1) is 11.8 Å². The third-order valence-electron chi connectivity index (χ3n) is 3.88. The van der Waals surface area contributed by atoms with Crippen molar-refractivity contribution < 1.29 is 28.3 Å². The van der Waals surface area contributed by atoms with E-state index in [4.69, 9.17) is 5.11 Å². The molecule has 2 aromatic rings. The summed E-state index contributed by atoms with van der Waals surface area (Å²) in [7, 11) is 0. The molecule has 0 bridgehead atoms. The van der Waals surface area contributed by atoms with Crippen molar-refractivity contribution in [1.29, 1.82) is 0 Å². The number of amides is 2. The lowest BCUT2D eigenvalue weighted by Crippen LogP contribution is -2.34. The van der Waals surface area contributed by atoms with E-state index in [1.807, 2.05) is 0 Å². The molecule has 154 valence electrons. The highest BCUT2D eigenvalue weighted by molar-refractivity contribution is 8.00. The molecule has 2 rings (SSSR count). The molecule has 0 aromatic heterocycles. The zero-order valence-corrected chi connectivity index (χ0v) is 16.5. The molecule has 0 aliphatic rings. The molecule has 0 heterocycles. The summed E-state index contributed by atoms with van der Waals surface area (Å²) in [5.74, 6) is -3.77. The van der Waals surface area contributed by atoms with Crippen LogP contribution in [-0.4, -0.2) is 40.1 Å². The molecule has 0 saturated carbocycles. The number of thioether (sulfide) groups is 1. The number of carbonyl (C=O) groups excluding carboxylic acids is 2. The van der Waals surface area contributed by atoms with Crippen LogP contribution in [0.4, 0.5) is 14.5 Å². The number of carboxylic acids is 1. The first-order chi connectivity index (χ1) is 13.8. The monoisotopic (exact) mass is 422 g/mol. The van der Waals surface area contributed by atoms with Crippen LogP contribution in [0.1, 0.15) is 18.9 Å². The van der Waals surface area contributed by atoms with Gasteiger partial charge < -0.3 is 15.3 Å². The van der Waals surface area contributed by atoms with Crippen molar-refractivity contribution >= 4 is 35.2 Å². The van der Waals surface area contributed by atoms with E-state index >= 15 is 0 Å². The number of nitrogens with one attached hydrogen (secondary N) is 1. The fourth-order valence-corrected chi connectivity index (χ4v) is 3.27. The van der Waals surface area contributed by atoms with Crippen LogP contribution in [0.3, 0.4) is 0 Å². The Morgan fingerprint density at radius 2 is 1.79 bits per heavy atom. The minimum absolute atomic E-state index is 0.00393. The van der Waals surface area contributed by atoms with E-state index in [1.165, 1.54) is 35.7 Å². The van der Waals surface area contributed by atoms with Crippen molar-refractivity contribution in [3.05, 3.63) is 59.7 Å². The lowest BCUT2D eigenvalue weighted by atomic mass is 10.2. The SMILES string of the molecule is CC(=O)Nc1ccc(SCC(=O)N(CCC(=O)O)Cc2cccc(F)c2F)cc1. The molecule has 0 aliphatic carbocycles. The number of benzene rings is 2. The Bertz CT molecular complexity index is 891. The van der Waals surface area contributed by atoms with Crippen LogP contribution in [0, 0.1) is 11.6 Å². The van der Waals surface area contributed by atoms with Crippen molar-refractivity contribution in [2.45, 2.75) is 24.8 Å². The van der Waals surface area contributed by atoms with Crippen molar-refractivity contribution in [3.8, 4) is 0 Å². The Balaban J connectivity index is 2.03. The van der Waals surface area contributed by atoms with Crippen LogP contribution >= 0.6 is 11.8 Å². The van der Waals surface area contributed by atoms with Crippen molar-refractivity contribution in [3.63, 3.8) is 0 Å². The van der Waals surface area contributed by atoms with E-state index in [9.17, 15) is 23.2 Å². The average molecular weight is 422 g/mol. The number of anilines is 1. The summed E-state index contributed by atoms with van der Waals surface area (Å²) in [5.41, 5.74) is 0.603. The second-order valence-corrected chi connectivity index (χ2v) is 7.21. The highest BCUT2D eigenvalue weighted by Gasteiger charge is 2.18. The second-order valence-electron chi connectivity index (χ2n) is 6.17. The quantitative estimate of drug-likeness (QED) is 0.604. The zero-order valence-electron chi connectivity index (χ0n) is 15.7. The Morgan fingerprint density at radius 1 is 1.10 bits per heavy atom. The zero-order chi connectivity index (χ0) is 21.4. The summed E-state index contributed by atoms with van der Waals surface area (Å²) in [6.45, 7) is 1.05. The normalized spacial score (nSPS) is 10.4. The van der Waals surface area contributed by atoms with Gasteiger partial charge in [-0.2, -0.15) is 0 Å². The minimum Gasteiger partial charge on any atom is -0.481 e. The van der Waals surface area contributed by atoms with Gasteiger partial charge in [-0.3, -0.25) is 14.4 Å². The molecule has 0 spiro atoms. The Morgan fingerprint density at radius 3 is 2.41 bits per heavy atom. The predicted octanol–water partition coefficient (Wildman–Crippen LogP) is 3.52. The summed E-state index contributed by atoms with van der Waals surface area (Å²) in [4.78, 5) is 36.5. The van der Waals surface area contributed by atoms with Gasteiger partial charge >= 0.3 is 5.97 Å². The first-order valence-corrected chi connectivity index (χ1v) is 9.67. The predicted molar refractivity (Wildman–Crippen MR) is 105 cm³/mol. The van der Waals surface area contributed by atoms with Gasteiger partial charge in [0.05, 0.1) is 12.2 Å². The van der Waals surface area contributed by atoms with Crippen LogP contribution in [0.15, 0.2) is 47.4 Å². The molecule has 2 amide bonds. The van der Waals surface area contributed by atoms with Crippen LogP contribution in [0.5, 0.6) is 0 Å². The number of hydrogen-bond acceptors (Lipinski definition) is 4. The molecule has 2 aromatic carbocycles. The fourth-order valence-electron chi connectivity index (χ4n) is 2.47. The van der Waals surface area contributed by atoms with Gasteiger partial charge in [0.1, 0.15) is 0 Å². The second kappa shape index (κ2) is 10.6. The summed E-state index contributed by atoms with van der Waals surface area (Å²) in [6, 6.07) is 10.5. The first-order valence-electron chi connectivity index (χ1n) is 8.69. The Labute approximate surface area is 170 Å². The summed E-state index contributed by atoms with van der Waals surface area (Å²) in [5, 5.41) is 11.5. The van der Waals surface area contributed by atoms with E-state index in [0.29, 0.717) is 5.69 Å². The smallest absolute Gasteiger partial charge is 0.305 e. The van der Waals surface area contributed by atoms with E-state index < -0.39 is 23.5 Å². The van der Waals surface area contributed by atoms with Crippen molar-refractivity contribution in [2.24, 2.45) is 0 Å². The van der Waals surface area contributed by atoms with Gasteiger partial charge in [-0.1, -0.05) is 12.1 Å². The van der Waals surface area contributed by atoms with Gasteiger partial charge in [0.25, 0.3) is 0 Å². The third kappa shape index (κ3) is 7.19. The number of rotatable bonds is 9. The standard InChI is InChI=1S/C20H20F2N2O4S/c1-13(25)23-15-5-7-16(8-6-15)29-12-18(26)24(10-9-19(27)28)11-14-3-2-4-17(21)20(14)22/h2-8H,9-12H2,1H3,(H,23,25)(H,27,28). The fraction of sp³-hybridized carbons (Fsp3) is 0.250. The number of carbonyl (C=O) groups is 3. The third-order valence-corrected chi connectivity index (χ3v) is 4.87. The Hall–Kier alpha value is -2.94. The summed E-state index contributed by atoms with van der Waals surface area (Å²) < 4.78 is 27.4. The topological polar surface area (TPSA) is 86.7 Å². The average Bonchev–Trinajstić information content (AvgIpc) is 2.67. The van der Waals surface area contributed by atoms with E-state index in [1.54, 1.807) is 24.3 Å². The lowest BCUT2D eigenvalue weighted by molar-refractivity contribution is -0.138. The number of aliphatic carboxylic acids is 1. The molecule has 0 radical (unpaired) electrons. The molecule has 0 atom stereocenters. The maximum absolute atomic E-state index is 13.9. The van der Waals surface area contributed by atoms with Crippen LogP contribution < -0.4 is 5.32 Å². The van der Waals surface area contributed by atoms with Gasteiger partial charge in [0.15, 0.2) is 11.6 Å². The molecule has 0 aliphatic heterocycles. The summed E-state index contributed by atoms with van der Waals surface area (Å²) in [6.07, 6.45) is -0.307. The van der Waals surface area contributed by atoms with Crippen molar-refractivity contribution in [2.75, 3.05) is 17.6 Å². The molecule has 9 heteroatoms. The number of nitrogens with zero attached hydrogens (tertiary/aromatic N) is 1. The van der Waals surface area contributed by atoms with E-state index in [-0.39, 0.29) is 36.7 Å². The molecule has 0 fully saturated rings. The van der Waals surface area contributed by atoms with Crippen LogP contribution in [0.25, 0.3) is 0 Å². The maximum atomic E-state index is 13.9. The molecule has 6 nitrogen and oxygen atoms in total. The molecule has 29 heavy (non-hydrogen) atoms. The summed E-state index contributed by atoms with van der Waals surface area (Å²) >= 11 is 1.22. The molecule has 0 unspecified atom stereocenters. The highest BCUT2D eigenvalue weighted by atomic mass is 32.2. The van der Waals surface area contributed by atoms with Gasteiger partial charge in [0, 0.05) is 36.2 Å². The molecule has 0 saturated heterocycles. The minimum atomic E-state index is -1.09. The molecular formula is C20H20F2N2O4S. The van der Waals surface area contributed by atoms with Crippen LogP contribution in [0.2, 0.25) is 0 Å². The highest BCUT2D eigenvalue weighted by Crippen LogP contribution is 2.22.